The highest BCUT2D eigenvalue weighted by Gasteiger charge is 2.33. The minimum absolute atomic E-state index is 0.0894. The molecule has 0 aliphatic carbocycles. The van der Waals surface area contributed by atoms with Gasteiger partial charge in [-0.15, -0.1) is 11.3 Å². The lowest BCUT2D eigenvalue weighted by Crippen LogP contribution is -2.48. The predicted octanol–water partition coefficient (Wildman–Crippen LogP) is 5.37. The second-order valence-electron chi connectivity index (χ2n) is 11.1. The van der Waals surface area contributed by atoms with Crippen molar-refractivity contribution < 1.29 is 27.9 Å². The summed E-state index contributed by atoms with van der Waals surface area (Å²) in [4.78, 5) is 30.9. The molecule has 1 aromatic heterocycles. The van der Waals surface area contributed by atoms with Gasteiger partial charge in [-0.3, -0.25) is 4.79 Å². The number of nitrogens with one attached hydrogen (secondary N) is 3. The van der Waals surface area contributed by atoms with Gasteiger partial charge in [-0.1, -0.05) is 72.8 Å². The molecule has 4 N–H and O–H groups in total. The summed E-state index contributed by atoms with van der Waals surface area (Å²) in [6.07, 6.45) is -0.155. The maximum absolute atomic E-state index is 14.1. The fourth-order valence-electron chi connectivity index (χ4n) is 5.43. The van der Waals surface area contributed by atoms with Gasteiger partial charge in [-0.2, -0.15) is 0 Å². The van der Waals surface area contributed by atoms with Gasteiger partial charge in [-0.05, 0) is 66.3 Å². The van der Waals surface area contributed by atoms with Crippen molar-refractivity contribution >= 4 is 49.3 Å². The highest BCUT2D eigenvalue weighted by atomic mass is 32.2. The number of alkyl carbamates (subject to hydrolysis) is 1. The van der Waals surface area contributed by atoms with E-state index in [1.54, 1.807) is 17.6 Å². The van der Waals surface area contributed by atoms with Gasteiger partial charge in [0.15, 0.2) is 0 Å². The largest absolute Gasteiger partial charge is 0.453 e. The molecule has 0 aliphatic rings. The molecular weight excluding hydrogens is 637 g/mol. The fourth-order valence-corrected chi connectivity index (χ4v) is 7.51. The molecule has 47 heavy (non-hydrogen) atoms. The topological polar surface area (TPSA) is 147 Å². The third kappa shape index (κ3) is 8.40. The number of hydrogen-bond acceptors (Lipinski definition) is 8. The Labute approximate surface area is 277 Å². The van der Waals surface area contributed by atoms with Crippen molar-refractivity contribution in [3.8, 4) is 0 Å². The lowest BCUT2D eigenvalue weighted by Gasteiger charge is -2.28. The van der Waals surface area contributed by atoms with Gasteiger partial charge in [0.05, 0.1) is 34.3 Å². The Kier molecular flexibility index (Phi) is 11.0. The Hall–Kier alpha value is -4.62. The van der Waals surface area contributed by atoms with Crippen LogP contribution in [0.4, 0.5) is 10.5 Å². The van der Waals surface area contributed by atoms with Crippen LogP contribution in [0.15, 0.2) is 107 Å². The maximum Gasteiger partial charge on any atom is 0.407 e. The van der Waals surface area contributed by atoms with Gasteiger partial charge >= 0.3 is 6.09 Å². The monoisotopic (exact) mass is 672 g/mol. The number of ether oxygens (including phenoxy) is 1. The minimum atomic E-state index is -3.92. The van der Waals surface area contributed by atoms with E-state index >= 15 is 0 Å². The number of sulfonamides is 1. The highest BCUT2D eigenvalue weighted by molar-refractivity contribution is 7.89. The molecule has 244 valence electrons. The van der Waals surface area contributed by atoms with E-state index in [4.69, 9.17) is 4.74 Å². The molecule has 0 aliphatic heterocycles. The number of carbonyl (C=O) groups excluding carboxylic acids is 2. The first kappa shape index (κ1) is 33.7. The van der Waals surface area contributed by atoms with E-state index in [1.807, 2.05) is 85.8 Å². The standard InChI is InChI=1S/C35H36N4O6S2/c1-23-13-14-24(15-16-27(21-40)39-47(43,44)28-17-18-29-31(20-28)46-22-36-29)30(19-23)37-34(41)33(38-35(42)45-2)32(25-9-5-3-6-10-25)26-11-7-4-8-12-26/h3-14,17-20,22,27,32-33,39-40H,15-16,21H2,1-2H3,(H,37,41)(H,38,42). The van der Waals surface area contributed by atoms with Crippen molar-refractivity contribution in [1.82, 2.24) is 15.0 Å². The Balaban J connectivity index is 1.38. The molecule has 5 aromatic rings. The van der Waals surface area contributed by atoms with Gasteiger partial charge in [0.2, 0.25) is 15.9 Å². The number of carbonyl (C=O) groups is 2. The Bertz CT molecular complexity index is 1890. The van der Waals surface area contributed by atoms with Crippen LogP contribution in [-0.2, 0) is 26.0 Å². The third-order valence-corrected chi connectivity index (χ3v) is 10.1. The van der Waals surface area contributed by atoms with Crippen molar-refractivity contribution in [2.24, 2.45) is 0 Å². The molecule has 1 heterocycles. The summed E-state index contributed by atoms with van der Waals surface area (Å²) in [5.41, 5.74) is 6.16. The van der Waals surface area contributed by atoms with Gasteiger partial charge in [0.25, 0.3) is 0 Å². The zero-order valence-corrected chi connectivity index (χ0v) is 27.6. The van der Waals surface area contributed by atoms with Gasteiger partial charge in [0, 0.05) is 17.6 Å². The van der Waals surface area contributed by atoms with Crippen molar-refractivity contribution in [3.63, 3.8) is 0 Å². The van der Waals surface area contributed by atoms with Crippen LogP contribution in [0, 0.1) is 6.92 Å². The number of nitrogens with zero attached hydrogens (tertiary/aromatic N) is 1. The second-order valence-corrected chi connectivity index (χ2v) is 13.7. The zero-order chi connectivity index (χ0) is 33.4. The van der Waals surface area contributed by atoms with E-state index in [1.165, 1.54) is 24.5 Å². The highest BCUT2D eigenvalue weighted by Crippen LogP contribution is 2.30. The van der Waals surface area contributed by atoms with Crippen LogP contribution >= 0.6 is 11.3 Å². The summed E-state index contributed by atoms with van der Waals surface area (Å²) in [5.74, 6) is -1.00. The molecule has 12 heteroatoms. The number of methoxy groups -OCH3 is 1. The summed E-state index contributed by atoms with van der Waals surface area (Å²) >= 11 is 1.35. The van der Waals surface area contributed by atoms with Crippen LogP contribution in [0.1, 0.15) is 34.6 Å². The molecule has 0 bridgehead atoms. The molecule has 0 saturated heterocycles. The summed E-state index contributed by atoms with van der Waals surface area (Å²) in [6, 6.07) is 27.3. The molecule has 0 fully saturated rings. The molecule has 2 unspecified atom stereocenters. The lowest BCUT2D eigenvalue weighted by atomic mass is 9.84. The quantitative estimate of drug-likeness (QED) is 0.132. The van der Waals surface area contributed by atoms with Crippen LogP contribution in [0.3, 0.4) is 0 Å². The normalized spacial score (nSPS) is 12.9. The molecule has 10 nitrogen and oxygen atoms in total. The molecule has 0 saturated carbocycles. The fraction of sp³-hybridized carbons (Fsp3) is 0.229. The molecule has 4 aromatic carbocycles. The lowest BCUT2D eigenvalue weighted by molar-refractivity contribution is -0.118. The van der Waals surface area contributed by atoms with Crippen LogP contribution in [0.2, 0.25) is 0 Å². The van der Waals surface area contributed by atoms with Crippen LogP contribution < -0.4 is 15.4 Å². The smallest absolute Gasteiger partial charge is 0.407 e. The summed E-state index contributed by atoms with van der Waals surface area (Å²) < 4.78 is 34.6. The van der Waals surface area contributed by atoms with Crippen molar-refractivity contribution in [2.45, 2.75) is 42.7 Å². The molecule has 5 rings (SSSR count). The number of benzene rings is 4. The minimum Gasteiger partial charge on any atom is -0.453 e. The van der Waals surface area contributed by atoms with E-state index in [0.717, 1.165) is 27.0 Å². The first-order chi connectivity index (χ1) is 22.7. The van der Waals surface area contributed by atoms with E-state index in [9.17, 15) is 23.1 Å². The third-order valence-electron chi connectivity index (χ3n) is 7.83. The number of thiazole rings is 1. The average Bonchev–Trinajstić information content (AvgIpc) is 3.56. The van der Waals surface area contributed by atoms with E-state index in [2.05, 4.69) is 20.3 Å². The first-order valence-corrected chi connectivity index (χ1v) is 17.4. The number of aryl methyl sites for hydroxylation is 2. The number of aromatic nitrogens is 1. The number of aliphatic hydroxyl groups excluding tert-OH is 1. The predicted molar refractivity (Wildman–Crippen MR) is 183 cm³/mol. The average molecular weight is 673 g/mol. The molecule has 0 spiro atoms. The Morgan fingerprint density at radius 1 is 0.936 bits per heavy atom. The maximum atomic E-state index is 14.1. The number of anilines is 1. The van der Waals surface area contributed by atoms with E-state index in [0.29, 0.717) is 17.6 Å². The second kappa shape index (κ2) is 15.3. The summed E-state index contributed by atoms with van der Waals surface area (Å²) in [7, 11) is -2.68. The Morgan fingerprint density at radius 2 is 1.62 bits per heavy atom. The molecule has 0 radical (unpaired) electrons. The van der Waals surface area contributed by atoms with E-state index < -0.39 is 46.6 Å². The van der Waals surface area contributed by atoms with Gasteiger partial charge in [-0.25, -0.2) is 22.9 Å². The number of aliphatic hydroxyl groups is 1. The number of fused-ring (bicyclic) bond motifs is 1. The van der Waals surface area contributed by atoms with Crippen molar-refractivity contribution in [1.29, 1.82) is 0 Å². The Morgan fingerprint density at radius 3 is 2.26 bits per heavy atom. The molecule has 2 amide bonds. The molecule has 2 atom stereocenters. The van der Waals surface area contributed by atoms with Gasteiger partial charge in [0.1, 0.15) is 6.04 Å². The zero-order valence-electron chi connectivity index (χ0n) is 25.9. The van der Waals surface area contributed by atoms with Crippen LogP contribution in [-0.4, -0.2) is 56.3 Å². The van der Waals surface area contributed by atoms with Gasteiger partial charge < -0.3 is 20.5 Å². The first-order valence-electron chi connectivity index (χ1n) is 15.0. The van der Waals surface area contributed by atoms with Crippen LogP contribution in [0.25, 0.3) is 10.2 Å². The number of rotatable bonds is 13. The van der Waals surface area contributed by atoms with Crippen molar-refractivity contribution in [3.05, 3.63) is 125 Å². The summed E-state index contributed by atoms with van der Waals surface area (Å²) in [6.45, 7) is 1.47. The summed E-state index contributed by atoms with van der Waals surface area (Å²) in [5, 5.41) is 15.9. The number of amides is 2. The SMILES string of the molecule is COC(=O)NC(C(=O)Nc1cc(C)ccc1CCC(CO)NS(=O)(=O)c1ccc2ncsc2c1)C(c1ccccc1)c1ccccc1. The van der Waals surface area contributed by atoms with E-state index in [-0.39, 0.29) is 11.3 Å². The number of hydrogen-bond donors (Lipinski definition) is 4. The van der Waals surface area contributed by atoms with Crippen LogP contribution in [0.5, 0.6) is 0 Å². The van der Waals surface area contributed by atoms with Crippen molar-refractivity contribution in [2.75, 3.05) is 19.0 Å². The molecular formula is C35H36N4O6S2.